The van der Waals surface area contributed by atoms with Crippen LogP contribution in [0.1, 0.15) is 16.7 Å². The standard InChI is InChI=1S/C31H22FN3O/c32-27-18-10-11-23(21-27)30-28-19-20-34(36)22-29(28)35(33-30)31(24-12-4-1-5-13-24,25-14-6-2-7-15-25)26-16-8-3-9-17-26/h1-22H. The molecule has 0 spiro atoms. The van der Waals surface area contributed by atoms with Gasteiger partial charge in [0, 0.05) is 17.0 Å². The molecular weight excluding hydrogens is 449 g/mol. The smallest absolute Gasteiger partial charge is 0.206 e. The molecule has 0 fully saturated rings. The second-order valence-electron chi connectivity index (χ2n) is 8.68. The summed E-state index contributed by atoms with van der Waals surface area (Å²) in [5.74, 6) is -0.342. The van der Waals surface area contributed by atoms with E-state index in [1.807, 2.05) is 65.3 Å². The Morgan fingerprint density at radius 1 is 0.694 bits per heavy atom. The van der Waals surface area contributed by atoms with E-state index in [1.54, 1.807) is 12.1 Å². The van der Waals surface area contributed by atoms with E-state index in [-0.39, 0.29) is 5.82 Å². The number of fused-ring (bicyclic) bond motifs is 1. The van der Waals surface area contributed by atoms with Crippen molar-refractivity contribution in [2.24, 2.45) is 0 Å². The van der Waals surface area contributed by atoms with Crippen LogP contribution in [0.25, 0.3) is 22.2 Å². The molecule has 2 heterocycles. The number of hydrogen-bond donors (Lipinski definition) is 0. The summed E-state index contributed by atoms with van der Waals surface area (Å²) in [5, 5.41) is 18.5. The van der Waals surface area contributed by atoms with Crippen molar-refractivity contribution in [2.45, 2.75) is 5.54 Å². The molecule has 174 valence electrons. The molecule has 0 unspecified atom stereocenters. The van der Waals surface area contributed by atoms with Gasteiger partial charge in [-0.05, 0) is 28.8 Å². The fraction of sp³-hybridized carbons (Fsp3) is 0.0323. The van der Waals surface area contributed by atoms with Crippen LogP contribution in [-0.4, -0.2) is 9.78 Å². The summed E-state index contributed by atoms with van der Waals surface area (Å²) in [7, 11) is 0. The average Bonchev–Trinajstić information content (AvgIpc) is 3.30. The largest absolute Gasteiger partial charge is 0.619 e. The maximum atomic E-state index is 14.3. The molecule has 0 bridgehead atoms. The Kier molecular flexibility index (Phi) is 5.30. The molecule has 0 aliphatic heterocycles. The Morgan fingerprint density at radius 2 is 1.25 bits per heavy atom. The van der Waals surface area contributed by atoms with Gasteiger partial charge in [-0.1, -0.05) is 103 Å². The third kappa shape index (κ3) is 3.45. The lowest BCUT2D eigenvalue weighted by atomic mass is 9.77. The number of aromatic nitrogens is 3. The third-order valence-electron chi connectivity index (χ3n) is 6.59. The Balaban J connectivity index is 1.80. The number of pyridine rings is 1. The highest BCUT2D eigenvalue weighted by atomic mass is 19.1. The van der Waals surface area contributed by atoms with E-state index in [1.165, 1.54) is 24.5 Å². The topological polar surface area (TPSA) is 44.8 Å². The van der Waals surface area contributed by atoms with Crippen LogP contribution in [0, 0.1) is 11.0 Å². The number of benzene rings is 4. The van der Waals surface area contributed by atoms with Crippen molar-refractivity contribution in [1.29, 1.82) is 0 Å². The average molecular weight is 472 g/mol. The van der Waals surface area contributed by atoms with E-state index in [9.17, 15) is 9.60 Å². The molecule has 0 N–H and O–H groups in total. The summed E-state index contributed by atoms with van der Waals surface area (Å²) < 4.78 is 17.0. The zero-order valence-electron chi connectivity index (χ0n) is 19.3. The second-order valence-corrected chi connectivity index (χ2v) is 8.68. The first-order valence-electron chi connectivity index (χ1n) is 11.7. The minimum atomic E-state index is -0.901. The van der Waals surface area contributed by atoms with E-state index in [2.05, 4.69) is 36.4 Å². The van der Waals surface area contributed by atoms with Crippen LogP contribution in [0.15, 0.2) is 134 Å². The van der Waals surface area contributed by atoms with Crippen LogP contribution in [0.4, 0.5) is 4.39 Å². The predicted molar refractivity (Wildman–Crippen MR) is 139 cm³/mol. The van der Waals surface area contributed by atoms with E-state index in [4.69, 9.17) is 5.10 Å². The van der Waals surface area contributed by atoms with E-state index in [0.29, 0.717) is 16.8 Å². The van der Waals surface area contributed by atoms with Gasteiger partial charge in [-0.25, -0.2) is 9.07 Å². The zero-order chi connectivity index (χ0) is 24.5. The van der Waals surface area contributed by atoms with E-state index >= 15 is 0 Å². The van der Waals surface area contributed by atoms with Crippen LogP contribution in [-0.2, 0) is 5.54 Å². The molecule has 0 atom stereocenters. The molecule has 0 amide bonds. The summed E-state index contributed by atoms with van der Waals surface area (Å²) >= 11 is 0. The molecule has 5 heteroatoms. The minimum absolute atomic E-state index is 0.342. The second kappa shape index (κ2) is 8.78. The lowest BCUT2D eigenvalue weighted by molar-refractivity contribution is -0.604. The van der Waals surface area contributed by atoms with Crippen LogP contribution in [0.5, 0.6) is 0 Å². The molecule has 4 aromatic carbocycles. The molecule has 2 aromatic heterocycles. The summed E-state index contributed by atoms with van der Waals surface area (Å²) in [6.07, 6.45) is 2.99. The van der Waals surface area contributed by atoms with Crippen LogP contribution in [0.3, 0.4) is 0 Å². The highest BCUT2D eigenvalue weighted by Crippen LogP contribution is 2.43. The maximum absolute atomic E-state index is 14.3. The lowest BCUT2D eigenvalue weighted by Crippen LogP contribution is -2.39. The SMILES string of the molecule is [O-][n+]1ccc2c(-c3cccc(F)c3)nn(C(c3ccccc3)(c3ccccc3)c3ccccc3)c2c1. The summed E-state index contributed by atoms with van der Waals surface area (Å²) in [6, 6.07) is 38.5. The fourth-order valence-electron chi connectivity index (χ4n) is 5.05. The normalized spacial score (nSPS) is 11.6. The Hall–Kier alpha value is -4.77. The first-order valence-corrected chi connectivity index (χ1v) is 11.7. The van der Waals surface area contributed by atoms with Crippen LogP contribution in [0.2, 0.25) is 0 Å². The van der Waals surface area contributed by atoms with Crippen molar-refractivity contribution >= 4 is 10.9 Å². The Labute approximate surface area is 208 Å². The lowest BCUT2D eigenvalue weighted by Gasteiger charge is -2.36. The van der Waals surface area contributed by atoms with Crippen molar-refractivity contribution in [3.8, 4) is 11.3 Å². The Bertz CT molecular complexity index is 1550. The predicted octanol–water partition coefficient (Wildman–Crippen LogP) is 6.32. The van der Waals surface area contributed by atoms with Gasteiger partial charge in [-0.15, -0.1) is 0 Å². The van der Waals surface area contributed by atoms with Crippen molar-refractivity contribution in [3.63, 3.8) is 0 Å². The molecule has 4 nitrogen and oxygen atoms in total. The highest BCUT2D eigenvalue weighted by molar-refractivity contribution is 5.93. The van der Waals surface area contributed by atoms with Gasteiger partial charge < -0.3 is 5.21 Å². The van der Waals surface area contributed by atoms with Crippen LogP contribution >= 0.6 is 0 Å². The number of halogens is 1. The molecule has 36 heavy (non-hydrogen) atoms. The van der Waals surface area contributed by atoms with Gasteiger partial charge in [0.15, 0.2) is 6.20 Å². The first kappa shape index (κ1) is 21.7. The van der Waals surface area contributed by atoms with Gasteiger partial charge in [0.2, 0.25) is 6.20 Å². The molecule has 0 saturated heterocycles. The quantitative estimate of drug-likeness (QED) is 0.168. The van der Waals surface area contributed by atoms with E-state index < -0.39 is 5.54 Å². The Morgan fingerprint density at radius 3 is 1.78 bits per heavy atom. The third-order valence-corrected chi connectivity index (χ3v) is 6.59. The molecular formula is C31H22FN3O. The van der Waals surface area contributed by atoms with Gasteiger partial charge in [0.25, 0.3) is 0 Å². The van der Waals surface area contributed by atoms with Gasteiger partial charge in [-0.3, -0.25) is 0 Å². The summed E-state index contributed by atoms with van der Waals surface area (Å²) in [6.45, 7) is 0. The van der Waals surface area contributed by atoms with Gasteiger partial charge in [0.1, 0.15) is 22.6 Å². The van der Waals surface area contributed by atoms with Crippen molar-refractivity contribution in [1.82, 2.24) is 9.78 Å². The van der Waals surface area contributed by atoms with E-state index in [0.717, 1.165) is 26.8 Å². The maximum Gasteiger partial charge on any atom is 0.206 e. The number of rotatable bonds is 5. The van der Waals surface area contributed by atoms with Crippen molar-refractivity contribution in [3.05, 3.63) is 161 Å². The molecule has 0 saturated carbocycles. The number of hydrogen-bond acceptors (Lipinski definition) is 2. The highest BCUT2D eigenvalue weighted by Gasteiger charge is 2.41. The molecule has 0 radical (unpaired) electrons. The summed E-state index contributed by atoms with van der Waals surface area (Å²) in [4.78, 5) is 0. The van der Waals surface area contributed by atoms with Gasteiger partial charge in [0.05, 0.1) is 0 Å². The van der Waals surface area contributed by atoms with Gasteiger partial charge in [-0.2, -0.15) is 9.83 Å². The molecule has 6 rings (SSSR count). The summed E-state index contributed by atoms with van der Waals surface area (Å²) in [5.41, 5.74) is 3.95. The monoisotopic (exact) mass is 471 g/mol. The molecule has 6 aromatic rings. The minimum Gasteiger partial charge on any atom is -0.619 e. The zero-order valence-corrected chi connectivity index (χ0v) is 19.3. The van der Waals surface area contributed by atoms with Crippen LogP contribution < -0.4 is 4.73 Å². The van der Waals surface area contributed by atoms with Crippen molar-refractivity contribution < 1.29 is 9.12 Å². The molecule has 0 aliphatic carbocycles. The van der Waals surface area contributed by atoms with Gasteiger partial charge >= 0.3 is 0 Å². The fourth-order valence-corrected chi connectivity index (χ4v) is 5.05. The first-order chi connectivity index (χ1) is 17.7. The van der Waals surface area contributed by atoms with Crippen molar-refractivity contribution in [2.75, 3.05) is 0 Å². The number of nitrogens with zero attached hydrogens (tertiary/aromatic N) is 3. The molecule has 0 aliphatic rings.